The fraction of sp³-hybridized carbons (Fsp3) is 0.909. The molecule has 0 aromatic carbocycles. The second kappa shape index (κ2) is 16.9. The van der Waals surface area contributed by atoms with Crippen LogP contribution in [0, 0.1) is 0 Å². The molecule has 1 heterocycles. The zero-order chi connectivity index (χ0) is 18.3. The van der Waals surface area contributed by atoms with Crippen LogP contribution in [0.4, 0.5) is 0 Å². The smallest absolute Gasteiger partial charge is 0.104 e. The highest BCUT2D eigenvalue weighted by molar-refractivity contribution is 8.93. The van der Waals surface area contributed by atoms with Gasteiger partial charge in [-0.1, -0.05) is 77.6 Å². The van der Waals surface area contributed by atoms with Gasteiger partial charge in [0.05, 0.1) is 0 Å². The number of hydrogen-bond acceptors (Lipinski definition) is 3. The van der Waals surface area contributed by atoms with E-state index in [1.165, 1.54) is 89.3 Å². The average molecular weight is 433 g/mol. The second-order valence-corrected chi connectivity index (χ2v) is 7.94. The Labute approximate surface area is 174 Å². The average Bonchev–Trinajstić information content (AvgIpc) is 2.93. The van der Waals surface area contributed by atoms with E-state index in [9.17, 15) is 0 Å². The minimum Gasteiger partial charge on any atom is -0.360 e. The zero-order valence-corrected chi connectivity index (χ0v) is 19.8. The van der Waals surface area contributed by atoms with E-state index >= 15 is 0 Å². The van der Waals surface area contributed by atoms with E-state index in [0.717, 1.165) is 19.6 Å². The van der Waals surface area contributed by atoms with Gasteiger partial charge in [-0.2, -0.15) is 0 Å². The van der Waals surface area contributed by atoms with Crippen LogP contribution in [-0.2, 0) is 0 Å². The first-order valence-corrected chi connectivity index (χ1v) is 11.0. The van der Waals surface area contributed by atoms with Gasteiger partial charge in [0.15, 0.2) is 0 Å². The third-order valence-electron chi connectivity index (χ3n) is 5.53. The van der Waals surface area contributed by atoms with Crippen LogP contribution < -0.4 is 5.32 Å². The molecule has 1 aliphatic rings. The highest BCUT2D eigenvalue weighted by Gasteiger charge is 2.21. The standard InChI is InChI=1S/C22H45N3.BrH/c1-5-6-7-8-9-10-11-12-13-14-15-16-17-21(20-23-2)22-24(3)18-19-25(22)4;/h23H,5-20H2,1-4H3;1H. The van der Waals surface area contributed by atoms with Crippen molar-refractivity contribution in [1.29, 1.82) is 0 Å². The molecule has 0 saturated carbocycles. The number of nitrogens with zero attached hydrogens (tertiary/aromatic N) is 2. The summed E-state index contributed by atoms with van der Waals surface area (Å²) in [6, 6.07) is 0. The summed E-state index contributed by atoms with van der Waals surface area (Å²) in [5.74, 6) is 1.47. The van der Waals surface area contributed by atoms with Crippen LogP contribution in [0.1, 0.15) is 90.4 Å². The summed E-state index contributed by atoms with van der Waals surface area (Å²) in [6.07, 6.45) is 18.4. The summed E-state index contributed by atoms with van der Waals surface area (Å²) >= 11 is 0. The lowest BCUT2D eigenvalue weighted by molar-refractivity contribution is 0.406. The molecule has 1 N–H and O–H groups in total. The minimum absolute atomic E-state index is 0. The Morgan fingerprint density at radius 2 is 1.19 bits per heavy atom. The second-order valence-electron chi connectivity index (χ2n) is 7.94. The predicted octanol–water partition coefficient (Wildman–Crippen LogP) is 5.96. The van der Waals surface area contributed by atoms with E-state index in [4.69, 9.17) is 0 Å². The molecule has 0 atom stereocenters. The maximum atomic E-state index is 3.37. The monoisotopic (exact) mass is 431 g/mol. The third-order valence-corrected chi connectivity index (χ3v) is 5.53. The maximum absolute atomic E-state index is 3.37. The van der Waals surface area contributed by atoms with E-state index in [0.29, 0.717) is 0 Å². The van der Waals surface area contributed by atoms with Gasteiger partial charge in [0.25, 0.3) is 0 Å². The molecule has 0 unspecified atom stereocenters. The highest BCUT2D eigenvalue weighted by atomic mass is 79.9. The van der Waals surface area contributed by atoms with Gasteiger partial charge < -0.3 is 15.1 Å². The van der Waals surface area contributed by atoms with Gasteiger partial charge in [-0.25, -0.2) is 0 Å². The lowest BCUT2D eigenvalue weighted by Crippen LogP contribution is -2.23. The molecule has 0 bridgehead atoms. The van der Waals surface area contributed by atoms with Crippen LogP contribution >= 0.6 is 17.0 Å². The van der Waals surface area contributed by atoms with Crippen molar-refractivity contribution in [2.75, 3.05) is 40.8 Å². The maximum Gasteiger partial charge on any atom is 0.104 e. The van der Waals surface area contributed by atoms with Crippen LogP contribution in [0.3, 0.4) is 0 Å². The van der Waals surface area contributed by atoms with Gasteiger partial charge in [0.1, 0.15) is 5.82 Å². The predicted molar refractivity (Wildman–Crippen MR) is 122 cm³/mol. The van der Waals surface area contributed by atoms with E-state index < -0.39 is 0 Å². The Morgan fingerprint density at radius 1 is 0.769 bits per heavy atom. The summed E-state index contributed by atoms with van der Waals surface area (Å²) in [7, 11) is 6.53. The van der Waals surface area contributed by atoms with Crippen molar-refractivity contribution in [3.05, 3.63) is 11.4 Å². The SMILES string of the molecule is Br.CCCCCCCCCCCCCCC(CNC)=C1N(C)CCN1C. The van der Waals surface area contributed by atoms with Gasteiger partial charge in [-0.15, -0.1) is 17.0 Å². The Hall–Kier alpha value is -0.220. The van der Waals surface area contributed by atoms with E-state index in [-0.39, 0.29) is 17.0 Å². The number of hydrogen-bond donors (Lipinski definition) is 1. The van der Waals surface area contributed by atoms with Gasteiger partial charge in [-0.05, 0) is 25.5 Å². The molecule has 4 heteroatoms. The third kappa shape index (κ3) is 10.8. The Kier molecular flexibility index (Phi) is 16.8. The lowest BCUT2D eigenvalue weighted by Gasteiger charge is -2.23. The van der Waals surface area contributed by atoms with Crippen molar-refractivity contribution >= 4 is 17.0 Å². The van der Waals surface area contributed by atoms with Crippen LogP contribution in [0.25, 0.3) is 0 Å². The van der Waals surface area contributed by atoms with E-state index in [1.54, 1.807) is 5.57 Å². The molecular weight excluding hydrogens is 386 g/mol. The zero-order valence-electron chi connectivity index (χ0n) is 18.1. The molecule has 0 amide bonds. The van der Waals surface area contributed by atoms with E-state index in [1.807, 2.05) is 0 Å². The number of nitrogens with one attached hydrogen (secondary N) is 1. The van der Waals surface area contributed by atoms with Crippen LogP contribution in [0.2, 0.25) is 0 Å². The fourth-order valence-electron chi connectivity index (χ4n) is 4.02. The van der Waals surface area contributed by atoms with Crippen molar-refractivity contribution in [2.24, 2.45) is 0 Å². The number of rotatable bonds is 15. The number of unbranched alkanes of at least 4 members (excludes halogenated alkanes) is 11. The number of likely N-dealkylation sites (N-methyl/N-ethyl adjacent to an activating group) is 3. The molecule has 1 saturated heterocycles. The van der Waals surface area contributed by atoms with Crippen molar-refractivity contribution in [3.63, 3.8) is 0 Å². The molecule has 1 aliphatic heterocycles. The first-order valence-electron chi connectivity index (χ1n) is 11.0. The fourth-order valence-corrected chi connectivity index (χ4v) is 4.02. The Balaban J connectivity index is 0.00000625. The topological polar surface area (TPSA) is 18.5 Å². The first kappa shape index (κ1) is 25.8. The van der Waals surface area contributed by atoms with Gasteiger partial charge in [0.2, 0.25) is 0 Å². The summed E-state index contributed by atoms with van der Waals surface area (Å²) in [5, 5.41) is 3.37. The quantitative estimate of drug-likeness (QED) is 0.322. The van der Waals surface area contributed by atoms with Gasteiger partial charge in [0, 0.05) is 33.7 Å². The summed E-state index contributed by atoms with van der Waals surface area (Å²) in [6.45, 7) is 5.65. The summed E-state index contributed by atoms with van der Waals surface area (Å²) in [5.41, 5.74) is 1.59. The van der Waals surface area contributed by atoms with Crippen molar-refractivity contribution in [3.8, 4) is 0 Å². The molecule has 26 heavy (non-hydrogen) atoms. The largest absolute Gasteiger partial charge is 0.360 e. The van der Waals surface area contributed by atoms with Crippen LogP contribution in [-0.4, -0.2) is 50.6 Å². The van der Waals surface area contributed by atoms with Crippen molar-refractivity contribution < 1.29 is 0 Å². The normalized spacial score (nSPS) is 14.1. The highest BCUT2D eigenvalue weighted by Crippen LogP contribution is 2.22. The van der Waals surface area contributed by atoms with Crippen LogP contribution in [0.15, 0.2) is 11.4 Å². The molecule has 0 radical (unpaired) electrons. The van der Waals surface area contributed by atoms with Crippen molar-refractivity contribution in [1.82, 2.24) is 15.1 Å². The first-order chi connectivity index (χ1) is 12.2. The molecule has 156 valence electrons. The van der Waals surface area contributed by atoms with Gasteiger partial charge in [-0.3, -0.25) is 0 Å². The van der Waals surface area contributed by atoms with Crippen LogP contribution in [0.5, 0.6) is 0 Å². The van der Waals surface area contributed by atoms with Gasteiger partial charge >= 0.3 is 0 Å². The molecule has 0 aromatic heterocycles. The Morgan fingerprint density at radius 3 is 1.62 bits per heavy atom. The molecule has 0 aliphatic carbocycles. The lowest BCUT2D eigenvalue weighted by atomic mass is 10.0. The minimum atomic E-state index is 0. The summed E-state index contributed by atoms with van der Waals surface area (Å²) < 4.78 is 0. The van der Waals surface area contributed by atoms with E-state index in [2.05, 4.69) is 43.2 Å². The molecule has 0 spiro atoms. The number of halogens is 1. The molecule has 3 nitrogen and oxygen atoms in total. The molecule has 0 aromatic rings. The van der Waals surface area contributed by atoms with Crippen molar-refractivity contribution in [2.45, 2.75) is 90.4 Å². The molecule has 1 fully saturated rings. The molecular formula is C22H46BrN3. The summed E-state index contributed by atoms with van der Waals surface area (Å²) in [4.78, 5) is 4.85. The molecule has 1 rings (SSSR count). The Bertz CT molecular complexity index is 345.